The van der Waals surface area contributed by atoms with Crippen LogP contribution in [0.15, 0.2) is 45.6 Å². The van der Waals surface area contributed by atoms with E-state index >= 15 is 0 Å². The molecule has 0 bridgehead atoms. The standard InChI is InChI=1S/C15H13BrF2N2O3S2/c1-3-8(2)20-25(22,23)12-7-24-14(13(12)16)15(21)19-9-4-5-10(17)11(18)6-9/h3-8,20H,1H2,2H3,(H,19,21). The lowest BCUT2D eigenvalue weighted by Crippen LogP contribution is -2.31. The van der Waals surface area contributed by atoms with Gasteiger partial charge < -0.3 is 5.32 Å². The second kappa shape index (κ2) is 7.73. The Kier molecular flexibility index (Phi) is 6.09. The molecule has 10 heteroatoms. The Bertz CT molecular complexity index is 929. The van der Waals surface area contributed by atoms with Gasteiger partial charge in [0.15, 0.2) is 11.6 Å². The number of amides is 1. The van der Waals surface area contributed by atoms with Crippen molar-refractivity contribution in [3.63, 3.8) is 0 Å². The monoisotopic (exact) mass is 450 g/mol. The summed E-state index contributed by atoms with van der Waals surface area (Å²) >= 11 is 4.01. The van der Waals surface area contributed by atoms with Crippen molar-refractivity contribution in [1.29, 1.82) is 0 Å². The lowest BCUT2D eigenvalue weighted by molar-refractivity contribution is 0.102. The molecule has 25 heavy (non-hydrogen) atoms. The Morgan fingerprint density at radius 1 is 1.36 bits per heavy atom. The smallest absolute Gasteiger partial charge is 0.266 e. The summed E-state index contributed by atoms with van der Waals surface area (Å²) in [5.41, 5.74) is 0.0482. The fraction of sp³-hybridized carbons (Fsp3) is 0.133. The second-order valence-electron chi connectivity index (χ2n) is 4.97. The third-order valence-electron chi connectivity index (χ3n) is 3.07. The third kappa shape index (κ3) is 4.51. The number of thiophene rings is 1. The minimum atomic E-state index is -3.85. The summed E-state index contributed by atoms with van der Waals surface area (Å²) in [5.74, 6) is -2.79. The van der Waals surface area contributed by atoms with Crippen molar-refractivity contribution >= 4 is 48.9 Å². The van der Waals surface area contributed by atoms with Gasteiger partial charge >= 0.3 is 0 Å². The van der Waals surface area contributed by atoms with Crippen LogP contribution in [0.2, 0.25) is 0 Å². The first kappa shape index (κ1) is 19.7. The molecule has 0 saturated heterocycles. The molecule has 1 aromatic heterocycles. The van der Waals surface area contributed by atoms with E-state index in [0.717, 1.165) is 23.5 Å². The van der Waals surface area contributed by atoms with Gasteiger partial charge in [0.2, 0.25) is 10.0 Å². The fourth-order valence-corrected chi connectivity index (χ4v) is 5.63. The van der Waals surface area contributed by atoms with Gasteiger partial charge in [0.05, 0.1) is 4.47 Å². The maximum absolute atomic E-state index is 13.2. The number of hydrogen-bond acceptors (Lipinski definition) is 4. The van der Waals surface area contributed by atoms with Crippen LogP contribution in [0.1, 0.15) is 16.6 Å². The first-order valence-corrected chi connectivity index (χ1v) is 9.99. The Balaban J connectivity index is 2.26. The highest BCUT2D eigenvalue weighted by molar-refractivity contribution is 9.10. The average molecular weight is 451 g/mol. The van der Waals surface area contributed by atoms with E-state index in [4.69, 9.17) is 0 Å². The molecule has 134 valence electrons. The molecular formula is C15H13BrF2N2O3S2. The number of sulfonamides is 1. The van der Waals surface area contributed by atoms with Crippen LogP contribution in [0.25, 0.3) is 0 Å². The van der Waals surface area contributed by atoms with Crippen LogP contribution in [0.3, 0.4) is 0 Å². The second-order valence-corrected chi connectivity index (χ2v) is 8.33. The Labute approximate surface area is 155 Å². The van der Waals surface area contributed by atoms with Crippen LogP contribution in [0, 0.1) is 11.6 Å². The van der Waals surface area contributed by atoms with Crippen molar-refractivity contribution in [2.24, 2.45) is 0 Å². The Hall–Kier alpha value is -1.62. The van der Waals surface area contributed by atoms with Crippen LogP contribution < -0.4 is 10.0 Å². The van der Waals surface area contributed by atoms with Crippen LogP contribution in [0.4, 0.5) is 14.5 Å². The number of nitrogens with one attached hydrogen (secondary N) is 2. The van der Waals surface area contributed by atoms with Gasteiger partial charge in [-0.1, -0.05) is 6.08 Å². The Morgan fingerprint density at radius 2 is 2.04 bits per heavy atom. The van der Waals surface area contributed by atoms with Gasteiger partial charge in [0, 0.05) is 23.2 Å². The predicted octanol–water partition coefficient (Wildman–Crippen LogP) is 3.89. The minimum Gasteiger partial charge on any atom is -0.321 e. The molecule has 1 atom stereocenters. The summed E-state index contributed by atoms with van der Waals surface area (Å²) < 4.78 is 53.2. The van der Waals surface area contributed by atoms with Crippen molar-refractivity contribution < 1.29 is 22.0 Å². The molecule has 0 spiro atoms. The van der Waals surface area contributed by atoms with E-state index in [2.05, 4.69) is 32.5 Å². The fourth-order valence-electron chi connectivity index (χ4n) is 1.78. The lowest BCUT2D eigenvalue weighted by Gasteiger charge is -2.09. The molecule has 5 nitrogen and oxygen atoms in total. The van der Waals surface area contributed by atoms with E-state index < -0.39 is 33.6 Å². The highest BCUT2D eigenvalue weighted by atomic mass is 79.9. The molecule has 1 unspecified atom stereocenters. The van der Waals surface area contributed by atoms with Gasteiger partial charge in [0.25, 0.3) is 5.91 Å². The summed E-state index contributed by atoms with van der Waals surface area (Å²) in [6, 6.07) is 2.42. The molecule has 1 heterocycles. The zero-order chi connectivity index (χ0) is 18.8. The van der Waals surface area contributed by atoms with Gasteiger partial charge in [-0.15, -0.1) is 17.9 Å². The highest BCUT2D eigenvalue weighted by Crippen LogP contribution is 2.32. The van der Waals surface area contributed by atoms with Crippen molar-refractivity contribution in [1.82, 2.24) is 4.72 Å². The maximum atomic E-state index is 13.2. The summed E-state index contributed by atoms with van der Waals surface area (Å²) in [7, 11) is -3.85. The van der Waals surface area contributed by atoms with Gasteiger partial charge in [-0.05, 0) is 35.0 Å². The largest absolute Gasteiger partial charge is 0.321 e. The summed E-state index contributed by atoms with van der Waals surface area (Å²) in [5, 5.41) is 3.70. The number of benzene rings is 1. The lowest BCUT2D eigenvalue weighted by atomic mass is 10.3. The molecule has 2 rings (SSSR count). The van der Waals surface area contributed by atoms with Crippen molar-refractivity contribution in [2.75, 3.05) is 5.32 Å². The van der Waals surface area contributed by atoms with E-state index in [1.54, 1.807) is 6.92 Å². The van der Waals surface area contributed by atoms with Crippen LogP contribution in [-0.2, 0) is 10.0 Å². The third-order valence-corrected chi connectivity index (χ3v) is 7.13. The van der Waals surface area contributed by atoms with Crippen molar-refractivity contribution in [3.8, 4) is 0 Å². The summed E-state index contributed by atoms with van der Waals surface area (Å²) in [6.07, 6.45) is 1.43. The average Bonchev–Trinajstić information content (AvgIpc) is 2.93. The van der Waals surface area contributed by atoms with Gasteiger partial charge in [-0.25, -0.2) is 21.9 Å². The molecular weight excluding hydrogens is 438 g/mol. The molecule has 1 amide bonds. The summed E-state index contributed by atoms with van der Waals surface area (Å²) in [4.78, 5) is 12.3. The molecule has 1 aromatic carbocycles. The van der Waals surface area contributed by atoms with Crippen LogP contribution in [0.5, 0.6) is 0 Å². The van der Waals surface area contributed by atoms with E-state index in [1.807, 2.05) is 0 Å². The zero-order valence-corrected chi connectivity index (χ0v) is 16.1. The van der Waals surface area contributed by atoms with Gasteiger partial charge in [0.1, 0.15) is 9.77 Å². The van der Waals surface area contributed by atoms with E-state index in [1.165, 1.54) is 17.5 Å². The molecule has 0 fully saturated rings. The summed E-state index contributed by atoms with van der Waals surface area (Å²) in [6.45, 7) is 5.11. The number of carbonyl (C=O) groups is 1. The SMILES string of the molecule is C=CC(C)NS(=O)(=O)c1csc(C(=O)Nc2ccc(F)c(F)c2)c1Br. The molecule has 0 saturated carbocycles. The Morgan fingerprint density at radius 3 is 2.64 bits per heavy atom. The van der Waals surface area contributed by atoms with Crippen LogP contribution >= 0.6 is 27.3 Å². The molecule has 2 N–H and O–H groups in total. The number of halogens is 3. The van der Waals surface area contributed by atoms with E-state index in [9.17, 15) is 22.0 Å². The van der Waals surface area contributed by atoms with Crippen molar-refractivity contribution in [2.45, 2.75) is 17.9 Å². The number of anilines is 1. The molecule has 2 aromatic rings. The maximum Gasteiger partial charge on any atom is 0.266 e. The molecule has 0 aliphatic carbocycles. The predicted molar refractivity (Wildman–Crippen MR) is 96.3 cm³/mol. The van der Waals surface area contributed by atoms with E-state index in [0.29, 0.717) is 0 Å². The zero-order valence-electron chi connectivity index (χ0n) is 12.8. The normalized spacial score (nSPS) is 12.6. The molecule has 0 radical (unpaired) electrons. The quantitative estimate of drug-likeness (QED) is 0.655. The van der Waals surface area contributed by atoms with E-state index in [-0.39, 0.29) is 19.9 Å². The highest BCUT2D eigenvalue weighted by Gasteiger charge is 2.25. The van der Waals surface area contributed by atoms with Gasteiger partial charge in [-0.2, -0.15) is 0 Å². The number of rotatable bonds is 6. The van der Waals surface area contributed by atoms with Crippen LogP contribution in [-0.4, -0.2) is 20.4 Å². The topological polar surface area (TPSA) is 75.3 Å². The van der Waals surface area contributed by atoms with Gasteiger partial charge in [-0.3, -0.25) is 4.79 Å². The number of carbonyl (C=O) groups excluding carboxylic acids is 1. The first-order valence-electron chi connectivity index (χ1n) is 6.84. The number of hydrogen-bond donors (Lipinski definition) is 2. The minimum absolute atomic E-state index is 0.0482. The van der Waals surface area contributed by atoms with Crippen molar-refractivity contribution in [3.05, 3.63) is 57.2 Å². The first-order chi connectivity index (χ1) is 11.7. The molecule has 0 aliphatic rings. The molecule has 0 aliphatic heterocycles.